The first-order valence-electron chi connectivity index (χ1n) is 8.31. The number of fused-ring (bicyclic) bond motifs is 1. The highest BCUT2D eigenvalue weighted by Crippen LogP contribution is 2.29. The van der Waals surface area contributed by atoms with Crippen LogP contribution in [0.1, 0.15) is 33.6 Å². The van der Waals surface area contributed by atoms with Crippen LogP contribution in [0.15, 0.2) is 18.2 Å². The smallest absolute Gasteiger partial charge is 0.262 e. The van der Waals surface area contributed by atoms with Gasteiger partial charge in [0, 0.05) is 18.7 Å². The molecule has 3 rings (SSSR count). The Morgan fingerprint density at radius 1 is 1.15 bits per heavy atom. The van der Waals surface area contributed by atoms with E-state index < -0.39 is 29.7 Å². The molecule has 2 aliphatic heterocycles. The third-order valence-electron chi connectivity index (χ3n) is 4.25. The van der Waals surface area contributed by atoms with Gasteiger partial charge in [-0.25, -0.2) is 0 Å². The normalized spacial score (nSPS) is 19.6. The number of aliphatic hydroxyl groups excluding tert-OH is 1. The number of piperidine rings is 1. The summed E-state index contributed by atoms with van der Waals surface area (Å²) in [5, 5.41) is 13.9. The molecule has 2 aliphatic rings. The lowest BCUT2D eigenvalue weighted by Gasteiger charge is -2.27. The van der Waals surface area contributed by atoms with E-state index in [0.29, 0.717) is 18.8 Å². The number of anilines is 1. The van der Waals surface area contributed by atoms with Gasteiger partial charge in [-0.15, -0.1) is 0 Å². The second-order valence-corrected chi connectivity index (χ2v) is 5.97. The van der Waals surface area contributed by atoms with Crippen LogP contribution in [-0.2, 0) is 14.3 Å². The summed E-state index contributed by atoms with van der Waals surface area (Å²) in [6, 6.07) is 3.80. The number of amides is 4. The molecule has 0 aliphatic carbocycles. The Morgan fingerprint density at radius 2 is 1.92 bits per heavy atom. The summed E-state index contributed by atoms with van der Waals surface area (Å²) in [6.07, 6.45) is 0.216. The molecule has 1 aromatic rings. The first kappa shape index (κ1) is 18.0. The molecule has 0 bridgehead atoms. The SMILES string of the molecule is O=C1CCC(N2C(=O)c3ccc(NCCOCCO)cc3C2=O)C(=O)N1. The zero-order valence-corrected chi connectivity index (χ0v) is 14.0. The average Bonchev–Trinajstić information content (AvgIpc) is 2.86. The fraction of sp³-hybridized carbons (Fsp3) is 0.412. The van der Waals surface area contributed by atoms with Gasteiger partial charge < -0.3 is 15.2 Å². The zero-order chi connectivity index (χ0) is 18.7. The summed E-state index contributed by atoms with van der Waals surface area (Å²) in [4.78, 5) is 49.4. The Kier molecular flexibility index (Phi) is 5.29. The lowest BCUT2D eigenvalue weighted by Crippen LogP contribution is -2.54. The summed E-state index contributed by atoms with van der Waals surface area (Å²) in [5.41, 5.74) is 1.10. The van der Waals surface area contributed by atoms with Crippen molar-refractivity contribution in [3.05, 3.63) is 29.3 Å². The summed E-state index contributed by atoms with van der Waals surface area (Å²) in [6.45, 7) is 1.05. The lowest BCUT2D eigenvalue weighted by atomic mass is 10.0. The van der Waals surface area contributed by atoms with Gasteiger partial charge in [-0.1, -0.05) is 0 Å². The molecule has 0 radical (unpaired) electrons. The summed E-state index contributed by atoms with van der Waals surface area (Å²) < 4.78 is 5.14. The van der Waals surface area contributed by atoms with Crippen molar-refractivity contribution in [1.82, 2.24) is 10.2 Å². The molecule has 9 heteroatoms. The molecule has 1 saturated heterocycles. The molecular weight excluding hydrogens is 342 g/mol. The largest absolute Gasteiger partial charge is 0.394 e. The van der Waals surface area contributed by atoms with Gasteiger partial charge >= 0.3 is 0 Å². The second kappa shape index (κ2) is 7.63. The number of carbonyl (C=O) groups is 4. The number of imide groups is 2. The van der Waals surface area contributed by atoms with Gasteiger partial charge in [0.1, 0.15) is 6.04 Å². The highest BCUT2D eigenvalue weighted by molar-refractivity contribution is 6.23. The summed E-state index contributed by atoms with van der Waals surface area (Å²) >= 11 is 0. The Hall–Kier alpha value is -2.78. The van der Waals surface area contributed by atoms with Crippen molar-refractivity contribution in [3.63, 3.8) is 0 Å². The van der Waals surface area contributed by atoms with E-state index in [1.807, 2.05) is 0 Å². The molecule has 0 spiro atoms. The van der Waals surface area contributed by atoms with Crippen molar-refractivity contribution in [2.75, 3.05) is 31.7 Å². The van der Waals surface area contributed by atoms with E-state index in [4.69, 9.17) is 9.84 Å². The van der Waals surface area contributed by atoms with Crippen LogP contribution >= 0.6 is 0 Å². The van der Waals surface area contributed by atoms with Crippen LogP contribution in [0.2, 0.25) is 0 Å². The van der Waals surface area contributed by atoms with Crippen molar-refractivity contribution in [2.24, 2.45) is 0 Å². The van der Waals surface area contributed by atoms with E-state index in [2.05, 4.69) is 10.6 Å². The topological polar surface area (TPSA) is 125 Å². The predicted octanol–water partition coefficient (Wildman–Crippen LogP) is -0.491. The number of nitrogens with zero attached hydrogens (tertiary/aromatic N) is 1. The first-order chi connectivity index (χ1) is 12.5. The Balaban J connectivity index is 1.71. The minimum absolute atomic E-state index is 0.0500. The highest BCUT2D eigenvalue weighted by atomic mass is 16.5. The van der Waals surface area contributed by atoms with Gasteiger partial charge in [-0.3, -0.25) is 29.4 Å². The fourth-order valence-electron chi connectivity index (χ4n) is 3.02. The number of ether oxygens (including phenoxy) is 1. The molecule has 2 heterocycles. The molecule has 1 unspecified atom stereocenters. The molecule has 138 valence electrons. The molecule has 26 heavy (non-hydrogen) atoms. The number of hydrogen-bond acceptors (Lipinski definition) is 7. The Bertz CT molecular complexity index is 763. The van der Waals surface area contributed by atoms with Crippen molar-refractivity contribution in [1.29, 1.82) is 0 Å². The van der Waals surface area contributed by atoms with E-state index in [0.717, 1.165) is 4.90 Å². The third-order valence-corrected chi connectivity index (χ3v) is 4.25. The predicted molar refractivity (Wildman–Crippen MR) is 89.5 cm³/mol. The molecule has 4 amide bonds. The van der Waals surface area contributed by atoms with Gasteiger partial charge in [0.15, 0.2) is 0 Å². The number of benzene rings is 1. The number of aliphatic hydroxyl groups is 1. The quantitative estimate of drug-likeness (QED) is 0.442. The molecule has 1 atom stereocenters. The minimum Gasteiger partial charge on any atom is -0.394 e. The number of carbonyl (C=O) groups excluding carboxylic acids is 4. The van der Waals surface area contributed by atoms with E-state index in [1.165, 1.54) is 0 Å². The van der Waals surface area contributed by atoms with Crippen LogP contribution in [0, 0.1) is 0 Å². The molecule has 0 saturated carbocycles. The first-order valence-corrected chi connectivity index (χ1v) is 8.31. The maximum absolute atomic E-state index is 12.7. The van der Waals surface area contributed by atoms with Gasteiger partial charge in [0.25, 0.3) is 11.8 Å². The fourth-order valence-corrected chi connectivity index (χ4v) is 3.02. The third kappa shape index (κ3) is 3.44. The Labute approximate surface area is 149 Å². The minimum atomic E-state index is -0.969. The van der Waals surface area contributed by atoms with Crippen LogP contribution in [0.5, 0.6) is 0 Å². The Morgan fingerprint density at radius 3 is 2.65 bits per heavy atom. The van der Waals surface area contributed by atoms with Gasteiger partial charge in [0.2, 0.25) is 11.8 Å². The van der Waals surface area contributed by atoms with Crippen LogP contribution in [0.3, 0.4) is 0 Å². The van der Waals surface area contributed by atoms with Crippen molar-refractivity contribution in [2.45, 2.75) is 18.9 Å². The van der Waals surface area contributed by atoms with Gasteiger partial charge in [-0.2, -0.15) is 0 Å². The van der Waals surface area contributed by atoms with Gasteiger partial charge in [-0.05, 0) is 24.6 Å². The van der Waals surface area contributed by atoms with Crippen molar-refractivity contribution in [3.8, 4) is 0 Å². The van der Waals surface area contributed by atoms with Crippen LogP contribution in [-0.4, -0.2) is 66.0 Å². The van der Waals surface area contributed by atoms with E-state index >= 15 is 0 Å². The molecule has 9 nitrogen and oxygen atoms in total. The molecule has 1 aromatic carbocycles. The van der Waals surface area contributed by atoms with Gasteiger partial charge in [0.05, 0.1) is 30.9 Å². The number of nitrogens with one attached hydrogen (secondary N) is 2. The van der Waals surface area contributed by atoms with E-state index in [9.17, 15) is 19.2 Å². The standard InChI is InChI=1S/C17H19N3O6/c21-6-8-26-7-5-18-10-1-2-11-12(9-10)17(25)20(16(11)24)13-3-4-14(22)19-15(13)23/h1-2,9,13,18,21H,3-8H2,(H,19,22,23). The molecular formula is C17H19N3O6. The van der Waals surface area contributed by atoms with Crippen molar-refractivity contribution < 1.29 is 29.0 Å². The number of rotatable bonds is 7. The average molecular weight is 361 g/mol. The lowest BCUT2D eigenvalue weighted by molar-refractivity contribution is -0.136. The van der Waals surface area contributed by atoms with E-state index in [-0.39, 0.29) is 37.2 Å². The highest BCUT2D eigenvalue weighted by Gasteiger charge is 2.44. The maximum atomic E-state index is 12.7. The summed E-state index contributed by atoms with van der Waals surface area (Å²) in [5.74, 6) is -2.11. The van der Waals surface area contributed by atoms with Crippen molar-refractivity contribution >= 4 is 29.3 Å². The number of hydrogen-bond donors (Lipinski definition) is 3. The van der Waals surface area contributed by atoms with Crippen LogP contribution < -0.4 is 10.6 Å². The monoisotopic (exact) mass is 361 g/mol. The molecule has 3 N–H and O–H groups in total. The van der Waals surface area contributed by atoms with E-state index in [1.54, 1.807) is 18.2 Å². The molecule has 0 aromatic heterocycles. The summed E-state index contributed by atoms with van der Waals surface area (Å²) in [7, 11) is 0. The van der Waals surface area contributed by atoms with Crippen LogP contribution in [0.25, 0.3) is 0 Å². The maximum Gasteiger partial charge on any atom is 0.262 e. The molecule has 1 fully saturated rings. The van der Waals surface area contributed by atoms with Crippen LogP contribution in [0.4, 0.5) is 5.69 Å². The zero-order valence-electron chi connectivity index (χ0n) is 14.0. The second-order valence-electron chi connectivity index (χ2n) is 5.97.